The van der Waals surface area contributed by atoms with Crippen LogP contribution in [0.1, 0.15) is 43.1 Å². The number of carbonyl (C=O) groups is 3. The van der Waals surface area contributed by atoms with E-state index in [0.717, 1.165) is 5.56 Å². The Bertz CT molecular complexity index is 1010. The van der Waals surface area contributed by atoms with Gasteiger partial charge in [-0.25, -0.2) is 4.79 Å². The van der Waals surface area contributed by atoms with Crippen molar-refractivity contribution in [2.75, 3.05) is 33.2 Å². The largest absolute Gasteiger partial charge is 0.493 e. The average Bonchev–Trinajstić information content (AvgIpc) is 2.81. The zero-order chi connectivity index (χ0) is 26.0. The number of hydrogen-bond acceptors (Lipinski definition) is 7. The summed E-state index contributed by atoms with van der Waals surface area (Å²) in [5.41, 5.74) is 1.19. The van der Waals surface area contributed by atoms with Crippen molar-refractivity contribution in [1.82, 2.24) is 10.6 Å². The summed E-state index contributed by atoms with van der Waals surface area (Å²) < 4.78 is 21.0. The number of hydrogen-bond donors (Lipinski definition) is 3. The van der Waals surface area contributed by atoms with Crippen molar-refractivity contribution >= 4 is 23.6 Å². The van der Waals surface area contributed by atoms with E-state index in [4.69, 9.17) is 18.9 Å². The second-order valence-electron chi connectivity index (χ2n) is 8.52. The Balaban J connectivity index is 1.86. The molecule has 35 heavy (non-hydrogen) atoms. The molecule has 0 saturated carbocycles. The van der Waals surface area contributed by atoms with Gasteiger partial charge < -0.3 is 34.9 Å². The molecule has 10 nitrogen and oxygen atoms in total. The summed E-state index contributed by atoms with van der Waals surface area (Å²) in [4.78, 5) is 36.3. The van der Waals surface area contributed by atoms with Crippen molar-refractivity contribution in [3.63, 3.8) is 0 Å². The molecule has 0 aliphatic heterocycles. The number of alkyl carbamates (subject to hydrolysis) is 1. The van der Waals surface area contributed by atoms with Crippen LogP contribution in [-0.2, 0) is 16.1 Å². The van der Waals surface area contributed by atoms with E-state index in [2.05, 4.69) is 16.0 Å². The Kier molecular flexibility index (Phi) is 9.74. The van der Waals surface area contributed by atoms with Crippen LogP contribution in [-0.4, -0.2) is 51.4 Å². The summed E-state index contributed by atoms with van der Waals surface area (Å²) in [6, 6.07) is 10.2. The van der Waals surface area contributed by atoms with E-state index < -0.39 is 11.7 Å². The molecule has 190 valence electrons. The maximum Gasteiger partial charge on any atom is 0.407 e. The SMILES string of the molecule is COc1cc(C(=O)Nc2ccc(CNC(=O)CCNC(=O)OC(C)(C)C)cc2)cc(OC)c1OC. The minimum absolute atomic E-state index is 0.127. The monoisotopic (exact) mass is 487 g/mol. The maximum absolute atomic E-state index is 12.7. The van der Waals surface area contributed by atoms with Gasteiger partial charge in [0.15, 0.2) is 11.5 Å². The topological polar surface area (TPSA) is 124 Å². The van der Waals surface area contributed by atoms with E-state index in [-0.39, 0.29) is 24.8 Å². The van der Waals surface area contributed by atoms with Gasteiger partial charge in [-0.2, -0.15) is 0 Å². The van der Waals surface area contributed by atoms with Gasteiger partial charge in [0.1, 0.15) is 5.60 Å². The zero-order valence-corrected chi connectivity index (χ0v) is 20.9. The zero-order valence-electron chi connectivity index (χ0n) is 20.9. The van der Waals surface area contributed by atoms with Gasteiger partial charge in [-0.15, -0.1) is 0 Å². The third kappa shape index (κ3) is 8.73. The van der Waals surface area contributed by atoms with Crippen LogP contribution < -0.4 is 30.2 Å². The van der Waals surface area contributed by atoms with E-state index in [1.54, 1.807) is 57.2 Å². The van der Waals surface area contributed by atoms with Gasteiger partial charge in [-0.05, 0) is 50.6 Å². The number of nitrogens with one attached hydrogen (secondary N) is 3. The molecule has 3 N–H and O–H groups in total. The fourth-order valence-electron chi connectivity index (χ4n) is 3.00. The summed E-state index contributed by atoms with van der Waals surface area (Å²) in [6.45, 7) is 5.79. The Morgan fingerprint density at radius 2 is 1.46 bits per heavy atom. The van der Waals surface area contributed by atoms with Crippen LogP contribution in [0.2, 0.25) is 0 Å². The highest BCUT2D eigenvalue weighted by Crippen LogP contribution is 2.38. The Morgan fingerprint density at radius 3 is 1.97 bits per heavy atom. The minimum Gasteiger partial charge on any atom is -0.493 e. The lowest BCUT2D eigenvalue weighted by Gasteiger charge is -2.19. The predicted octanol–water partition coefficient (Wildman–Crippen LogP) is 3.50. The number of rotatable bonds is 10. The quantitative estimate of drug-likeness (QED) is 0.469. The number of amides is 3. The number of anilines is 1. The lowest BCUT2D eigenvalue weighted by atomic mass is 10.1. The molecule has 2 rings (SSSR count). The molecule has 0 aliphatic carbocycles. The van der Waals surface area contributed by atoms with Crippen LogP contribution in [0.15, 0.2) is 36.4 Å². The van der Waals surface area contributed by atoms with Gasteiger partial charge in [0.25, 0.3) is 5.91 Å². The summed E-state index contributed by atoms with van der Waals surface area (Å²) in [6.07, 6.45) is -0.434. The number of benzene rings is 2. The van der Waals surface area contributed by atoms with Crippen LogP contribution in [0.25, 0.3) is 0 Å². The first-order valence-electron chi connectivity index (χ1n) is 11.0. The van der Waals surface area contributed by atoms with Crippen molar-refractivity contribution in [3.8, 4) is 17.2 Å². The molecular weight excluding hydrogens is 454 g/mol. The van der Waals surface area contributed by atoms with Gasteiger partial charge in [0.2, 0.25) is 11.7 Å². The van der Waals surface area contributed by atoms with Crippen molar-refractivity contribution < 1.29 is 33.3 Å². The molecule has 2 aromatic rings. The van der Waals surface area contributed by atoms with Crippen LogP contribution in [0, 0.1) is 0 Å². The molecule has 0 atom stereocenters. The second-order valence-corrected chi connectivity index (χ2v) is 8.52. The molecule has 0 radical (unpaired) electrons. The molecule has 0 aliphatic rings. The Morgan fingerprint density at radius 1 is 0.857 bits per heavy atom. The minimum atomic E-state index is -0.591. The van der Waals surface area contributed by atoms with Gasteiger partial charge in [-0.3, -0.25) is 9.59 Å². The third-order valence-electron chi connectivity index (χ3n) is 4.65. The number of methoxy groups -OCH3 is 3. The molecule has 10 heteroatoms. The van der Waals surface area contributed by atoms with Crippen LogP contribution in [0.5, 0.6) is 17.2 Å². The first kappa shape index (κ1) is 27.3. The van der Waals surface area contributed by atoms with Crippen molar-refractivity contribution in [1.29, 1.82) is 0 Å². The molecular formula is C25H33N3O7. The summed E-state index contributed by atoms with van der Waals surface area (Å²) in [5.74, 6) is 0.607. The fraction of sp³-hybridized carbons (Fsp3) is 0.400. The highest BCUT2D eigenvalue weighted by Gasteiger charge is 2.18. The Hall–Kier alpha value is -3.95. The molecule has 3 amide bonds. The van der Waals surface area contributed by atoms with E-state index >= 15 is 0 Å². The summed E-state index contributed by atoms with van der Waals surface area (Å²) >= 11 is 0. The smallest absolute Gasteiger partial charge is 0.407 e. The van der Waals surface area contributed by atoms with E-state index in [9.17, 15) is 14.4 Å². The lowest BCUT2D eigenvalue weighted by Crippen LogP contribution is -2.35. The van der Waals surface area contributed by atoms with E-state index in [1.165, 1.54) is 21.3 Å². The van der Waals surface area contributed by atoms with Gasteiger partial charge in [0.05, 0.1) is 21.3 Å². The van der Waals surface area contributed by atoms with Gasteiger partial charge in [0, 0.05) is 30.8 Å². The fourth-order valence-corrected chi connectivity index (χ4v) is 3.00. The standard InChI is InChI=1S/C25H33N3O7/c1-25(2,3)35-24(31)26-12-11-21(29)27-15-16-7-9-18(10-8-16)28-23(30)17-13-19(32-4)22(34-6)20(14-17)33-5/h7-10,13-14H,11-12,15H2,1-6H3,(H,26,31)(H,27,29)(H,28,30). The molecule has 2 aromatic carbocycles. The first-order chi connectivity index (χ1) is 16.6. The maximum atomic E-state index is 12.7. The normalized spacial score (nSPS) is 10.7. The highest BCUT2D eigenvalue weighted by molar-refractivity contribution is 6.05. The van der Waals surface area contributed by atoms with E-state index in [1.807, 2.05) is 0 Å². The van der Waals surface area contributed by atoms with Crippen molar-refractivity contribution in [2.45, 2.75) is 39.3 Å². The second kappa shape index (κ2) is 12.5. The summed E-state index contributed by atoms with van der Waals surface area (Å²) in [5, 5.41) is 8.14. The first-order valence-corrected chi connectivity index (χ1v) is 11.0. The Labute approximate surface area is 205 Å². The lowest BCUT2D eigenvalue weighted by molar-refractivity contribution is -0.121. The van der Waals surface area contributed by atoms with Crippen LogP contribution in [0.4, 0.5) is 10.5 Å². The van der Waals surface area contributed by atoms with E-state index in [0.29, 0.717) is 35.0 Å². The van der Waals surface area contributed by atoms with Crippen LogP contribution >= 0.6 is 0 Å². The van der Waals surface area contributed by atoms with Crippen molar-refractivity contribution in [3.05, 3.63) is 47.5 Å². The number of carbonyl (C=O) groups excluding carboxylic acids is 3. The van der Waals surface area contributed by atoms with Crippen LogP contribution in [0.3, 0.4) is 0 Å². The molecule has 0 aromatic heterocycles. The average molecular weight is 488 g/mol. The molecule has 0 heterocycles. The number of ether oxygens (including phenoxy) is 4. The molecule has 0 unspecified atom stereocenters. The van der Waals surface area contributed by atoms with Gasteiger partial charge in [-0.1, -0.05) is 12.1 Å². The highest BCUT2D eigenvalue weighted by atomic mass is 16.6. The molecule has 0 saturated heterocycles. The molecule has 0 bridgehead atoms. The molecule has 0 spiro atoms. The third-order valence-corrected chi connectivity index (χ3v) is 4.65. The summed E-state index contributed by atoms with van der Waals surface area (Å²) in [7, 11) is 4.45. The predicted molar refractivity (Wildman–Crippen MR) is 131 cm³/mol. The molecule has 0 fully saturated rings. The van der Waals surface area contributed by atoms with Crippen molar-refractivity contribution in [2.24, 2.45) is 0 Å². The van der Waals surface area contributed by atoms with Gasteiger partial charge >= 0.3 is 6.09 Å².